The van der Waals surface area contributed by atoms with Gasteiger partial charge in [-0.2, -0.15) is 0 Å². The minimum absolute atomic E-state index is 0. The predicted octanol–water partition coefficient (Wildman–Crippen LogP) is -0.519. The Balaban J connectivity index is 0. The van der Waals surface area contributed by atoms with Gasteiger partial charge < -0.3 is 21.1 Å². The van der Waals surface area contributed by atoms with E-state index in [1.807, 2.05) is 0 Å². The molecule has 5 N–H and O–H groups in total. The minimum atomic E-state index is -2.96. The zero-order chi connectivity index (χ0) is 13.4. The number of hydrogen-bond donors (Lipinski definition) is 4. The molecule has 1 aromatic carbocycles. The fraction of sp³-hybridized carbons (Fsp3) is 0.273. The first-order valence-corrected chi connectivity index (χ1v) is 4.77. The molecule has 0 heterocycles. The van der Waals surface area contributed by atoms with Gasteiger partial charge in [0.15, 0.2) is 0 Å². The standard InChI is InChI=1S/C11H13NO5.2K/c1-5-3-7(4-6(2)8(5)12)11(17,9(13)14)10(15)16;;/h3-4,17H,12H2,1-2H3,(H,13,14)(H,15,16);;. The maximum atomic E-state index is 10.9. The van der Waals surface area contributed by atoms with Gasteiger partial charge >= 0.3 is 11.9 Å². The molecule has 0 bridgehead atoms. The molecule has 0 aliphatic heterocycles. The molecule has 2 radical (unpaired) electrons. The summed E-state index contributed by atoms with van der Waals surface area (Å²) in [4.78, 5) is 21.8. The topological polar surface area (TPSA) is 121 Å². The third-order valence-corrected chi connectivity index (χ3v) is 2.63. The Morgan fingerprint density at radius 2 is 1.37 bits per heavy atom. The van der Waals surface area contributed by atoms with Crippen LogP contribution in [0.15, 0.2) is 12.1 Å². The summed E-state index contributed by atoms with van der Waals surface area (Å²) >= 11 is 0. The number of nitrogens with two attached hydrogens (primary N) is 1. The third kappa shape index (κ3) is 4.58. The van der Waals surface area contributed by atoms with Crippen molar-refractivity contribution in [1.29, 1.82) is 0 Å². The van der Waals surface area contributed by atoms with Crippen molar-refractivity contribution < 1.29 is 24.9 Å². The van der Waals surface area contributed by atoms with E-state index in [0.717, 1.165) is 0 Å². The van der Waals surface area contributed by atoms with E-state index in [1.54, 1.807) is 13.8 Å². The summed E-state index contributed by atoms with van der Waals surface area (Å²) in [6.07, 6.45) is 0. The van der Waals surface area contributed by atoms with Crippen molar-refractivity contribution in [2.24, 2.45) is 0 Å². The number of rotatable bonds is 3. The van der Waals surface area contributed by atoms with Gasteiger partial charge in [0.25, 0.3) is 5.60 Å². The second kappa shape index (κ2) is 8.59. The molecule has 8 heteroatoms. The van der Waals surface area contributed by atoms with Gasteiger partial charge in [0.05, 0.1) is 0 Å². The van der Waals surface area contributed by atoms with Gasteiger partial charge in [-0.15, -0.1) is 0 Å². The third-order valence-electron chi connectivity index (χ3n) is 2.63. The van der Waals surface area contributed by atoms with Crippen molar-refractivity contribution in [1.82, 2.24) is 0 Å². The monoisotopic (exact) mass is 317 g/mol. The molecular formula is C11H13K2NO5. The van der Waals surface area contributed by atoms with Crippen LogP contribution in [0.5, 0.6) is 0 Å². The molecule has 0 fully saturated rings. The molecule has 1 rings (SSSR count). The van der Waals surface area contributed by atoms with Gasteiger partial charge in [0, 0.05) is 114 Å². The minimum Gasteiger partial charge on any atom is -0.478 e. The Labute approximate surface area is 195 Å². The van der Waals surface area contributed by atoms with E-state index in [9.17, 15) is 14.7 Å². The number of carbonyl (C=O) groups is 2. The average Bonchev–Trinajstić information content (AvgIpc) is 2.23. The molecular weight excluding hydrogens is 304 g/mol. The van der Waals surface area contributed by atoms with Gasteiger partial charge in [0.2, 0.25) is 0 Å². The summed E-state index contributed by atoms with van der Waals surface area (Å²) in [7, 11) is 0. The second-order valence-corrected chi connectivity index (χ2v) is 3.84. The fourth-order valence-electron chi connectivity index (χ4n) is 1.52. The van der Waals surface area contributed by atoms with E-state index in [0.29, 0.717) is 16.8 Å². The maximum absolute atomic E-state index is 10.9. The number of carboxylic acid groups (broad SMARTS) is 2. The molecule has 0 unspecified atom stereocenters. The van der Waals surface area contributed by atoms with Crippen LogP contribution in [-0.2, 0) is 15.2 Å². The molecule has 19 heavy (non-hydrogen) atoms. The first-order chi connectivity index (χ1) is 7.71. The Morgan fingerprint density at radius 1 is 1.05 bits per heavy atom. The maximum Gasteiger partial charge on any atom is 0.352 e. The first kappa shape index (κ1) is 22.5. The van der Waals surface area contributed by atoms with Crippen molar-refractivity contribution >= 4 is 120 Å². The first-order valence-electron chi connectivity index (χ1n) is 4.77. The van der Waals surface area contributed by atoms with E-state index in [-0.39, 0.29) is 108 Å². The van der Waals surface area contributed by atoms with Crippen LogP contribution in [0.3, 0.4) is 0 Å². The zero-order valence-electron chi connectivity index (χ0n) is 11.4. The molecule has 6 nitrogen and oxygen atoms in total. The van der Waals surface area contributed by atoms with E-state index in [1.165, 1.54) is 12.1 Å². The van der Waals surface area contributed by atoms with Crippen molar-refractivity contribution in [3.05, 3.63) is 28.8 Å². The van der Waals surface area contributed by atoms with E-state index in [2.05, 4.69) is 0 Å². The van der Waals surface area contributed by atoms with E-state index < -0.39 is 17.5 Å². The largest absolute Gasteiger partial charge is 0.478 e. The van der Waals surface area contributed by atoms with Crippen LogP contribution in [0, 0.1) is 13.8 Å². The Morgan fingerprint density at radius 3 is 1.63 bits per heavy atom. The normalized spacial score (nSPS) is 10.1. The van der Waals surface area contributed by atoms with Crippen LogP contribution in [0.1, 0.15) is 16.7 Å². The van der Waals surface area contributed by atoms with Gasteiger partial charge in [-0.25, -0.2) is 9.59 Å². The second-order valence-electron chi connectivity index (χ2n) is 3.84. The number of aliphatic hydroxyl groups is 1. The van der Waals surface area contributed by atoms with Crippen LogP contribution in [0.2, 0.25) is 0 Å². The predicted molar refractivity (Wildman–Crippen MR) is 71.0 cm³/mol. The molecule has 0 saturated carbocycles. The van der Waals surface area contributed by atoms with Crippen molar-refractivity contribution in [3.63, 3.8) is 0 Å². The molecule has 0 spiro atoms. The summed E-state index contributed by atoms with van der Waals surface area (Å²) in [6, 6.07) is 2.51. The number of aryl methyl sites for hydroxylation is 2. The fourth-order valence-corrected chi connectivity index (χ4v) is 1.52. The summed E-state index contributed by atoms with van der Waals surface area (Å²) in [5, 5.41) is 27.4. The quantitative estimate of drug-likeness (QED) is 0.338. The van der Waals surface area contributed by atoms with Crippen molar-refractivity contribution in [3.8, 4) is 0 Å². The van der Waals surface area contributed by atoms with Gasteiger partial charge in [-0.1, -0.05) is 0 Å². The van der Waals surface area contributed by atoms with Crippen molar-refractivity contribution in [2.75, 3.05) is 5.73 Å². The molecule has 0 amide bonds. The van der Waals surface area contributed by atoms with Crippen LogP contribution in [0.4, 0.5) is 5.69 Å². The number of hydrogen-bond acceptors (Lipinski definition) is 4. The van der Waals surface area contributed by atoms with Gasteiger partial charge in [-0.05, 0) is 37.1 Å². The molecule has 0 aliphatic rings. The van der Waals surface area contributed by atoms with E-state index >= 15 is 0 Å². The number of anilines is 1. The molecule has 0 aromatic heterocycles. The van der Waals surface area contributed by atoms with Gasteiger partial charge in [-0.3, -0.25) is 0 Å². The van der Waals surface area contributed by atoms with Crippen LogP contribution < -0.4 is 5.73 Å². The molecule has 1 aromatic rings. The summed E-state index contributed by atoms with van der Waals surface area (Å²) in [5.74, 6) is -3.68. The molecule has 0 atom stereocenters. The SMILES string of the molecule is Cc1cc(C(O)(C(=O)O)C(=O)O)cc(C)c1N.[K].[K]. The Hall–Kier alpha value is 1.19. The van der Waals surface area contributed by atoms with E-state index in [4.69, 9.17) is 15.9 Å². The van der Waals surface area contributed by atoms with Crippen molar-refractivity contribution in [2.45, 2.75) is 19.4 Å². The van der Waals surface area contributed by atoms with Crippen LogP contribution in [0.25, 0.3) is 0 Å². The number of benzene rings is 1. The van der Waals surface area contributed by atoms with Crippen LogP contribution in [-0.4, -0.2) is 130 Å². The summed E-state index contributed by atoms with van der Waals surface area (Å²) in [5.41, 5.74) is 3.96. The molecule has 94 valence electrons. The van der Waals surface area contributed by atoms with Crippen LogP contribution >= 0.6 is 0 Å². The molecule has 0 aliphatic carbocycles. The smallest absolute Gasteiger partial charge is 0.352 e. The Kier molecular flexibility index (Phi) is 10.2. The summed E-state index contributed by atoms with van der Waals surface area (Å²) in [6.45, 7) is 3.21. The number of nitrogen functional groups attached to an aromatic ring is 1. The van der Waals surface area contributed by atoms with Gasteiger partial charge in [0.1, 0.15) is 0 Å². The number of aliphatic carboxylic acids is 2. The zero-order valence-corrected chi connectivity index (χ0v) is 17.6. The average molecular weight is 317 g/mol. The number of carboxylic acids is 2. The Bertz CT molecular complexity index is 467. The molecule has 0 saturated heterocycles. The summed E-state index contributed by atoms with van der Waals surface area (Å²) < 4.78 is 0.